The summed E-state index contributed by atoms with van der Waals surface area (Å²) in [5.74, 6) is -0.292. The number of hydrogen-bond donors (Lipinski definition) is 2. The van der Waals surface area contributed by atoms with Crippen molar-refractivity contribution in [1.29, 1.82) is 0 Å². The molecule has 1 aliphatic heterocycles. The predicted octanol–water partition coefficient (Wildman–Crippen LogP) is 6.98. The van der Waals surface area contributed by atoms with Gasteiger partial charge in [-0.3, -0.25) is 9.48 Å². The molecule has 2 fully saturated rings. The molecule has 0 amide bonds. The van der Waals surface area contributed by atoms with Crippen LogP contribution in [0, 0.1) is 5.82 Å². The van der Waals surface area contributed by atoms with Crippen molar-refractivity contribution >= 4 is 35.0 Å². The van der Waals surface area contributed by atoms with Gasteiger partial charge in [-0.05, 0) is 83.0 Å². The number of nitrogen functional groups attached to an aromatic ring is 1. The fourth-order valence-electron chi connectivity index (χ4n) is 5.88. The van der Waals surface area contributed by atoms with Gasteiger partial charge in [0, 0.05) is 47.2 Å². The number of likely N-dealkylation sites (tertiary alicyclic amines) is 1. The SMILES string of the molecule is C.CC(Oc1cc(-c2cnn(C3CCN(CCC[C@H](N)C(=O)OC4CCCC4)CC3)c2)cnc1N)c1c(Cl)ccc(F)c1Cl. The quantitative estimate of drug-likeness (QED) is 0.169. The summed E-state index contributed by atoms with van der Waals surface area (Å²) in [5.41, 5.74) is 14.2. The summed E-state index contributed by atoms with van der Waals surface area (Å²) in [6.45, 7) is 4.53. The van der Waals surface area contributed by atoms with Gasteiger partial charge in [0.15, 0.2) is 11.6 Å². The Morgan fingerprint density at radius 1 is 1.14 bits per heavy atom. The van der Waals surface area contributed by atoms with Crippen LogP contribution in [0.5, 0.6) is 5.75 Å². The smallest absolute Gasteiger partial charge is 0.323 e. The Hall–Kier alpha value is -2.92. The topological polar surface area (TPSA) is 122 Å². The number of hydrogen-bond acceptors (Lipinski definition) is 8. The molecule has 9 nitrogen and oxygen atoms in total. The average Bonchev–Trinajstić information content (AvgIpc) is 3.70. The molecule has 0 radical (unpaired) electrons. The third-order valence-electron chi connectivity index (χ3n) is 8.41. The zero-order valence-corrected chi connectivity index (χ0v) is 25.9. The number of halogens is 3. The highest BCUT2D eigenvalue weighted by molar-refractivity contribution is 6.36. The Balaban J connectivity index is 0.00000442. The van der Waals surface area contributed by atoms with E-state index in [2.05, 4.69) is 15.0 Å². The van der Waals surface area contributed by atoms with Crippen molar-refractivity contribution in [2.75, 3.05) is 25.4 Å². The molecule has 0 bridgehead atoms. The summed E-state index contributed by atoms with van der Waals surface area (Å²) >= 11 is 12.4. The second kappa shape index (κ2) is 15.4. The minimum atomic E-state index is -0.663. The van der Waals surface area contributed by atoms with E-state index in [1.165, 1.54) is 12.1 Å². The molecule has 1 aromatic carbocycles. The lowest BCUT2D eigenvalue weighted by atomic mass is 10.0. The minimum absolute atomic E-state index is 0. The molecule has 2 aliphatic rings. The van der Waals surface area contributed by atoms with Crippen LogP contribution in [0.25, 0.3) is 11.1 Å². The van der Waals surface area contributed by atoms with Crippen LogP contribution in [0.15, 0.2) is 36.8 Å². The number of nitrogens with zero attached hydrogens (tertiary/aromatic N) is 4. The van der Waals surface area contributed by atoms with Gasteiger partial charge in [-0.25, -0.2) is 9.37 Å². The lowest BCUT2D eigenvalue weighted by molar-refractivity contribution is -0.150. The normalized spacial score (nSPS) is 17.7. The number of piperidine rings is 1. The number of rotatable bonds is 11. The fourth-order valence-corrected chi connectivity index (χ4v) is 6.55. The molecule has 5 rings (SSSR count). The number of benzene rings is 1. The second-order valence-electron chi connectivity index (χ2n) is 11.5. The van der Waals surface area contributed by atoms with E-state index in [0.717, 1.165) is 75.7 Å². The maximum atomic E-state index is 14.1. The number of anilines is 1. The molecule has 12 heteroatoms. The van der Waals surface area contributed by atoms with Crippen LogP contribution < -0.4 is 16.2 Å². The molecule has 3 aromatic rings. The van der Waals surface area contributed by atoms with Gasteiger partial charge in [0.25, 0.3) is 0 Å². The fraction of sp³-hybridized carbons (Fsp3) is 0.531. The summed E-state index contributed by atoms with van der Waals surface area (Å²) in [6, 6.07) is 4.18. The van der Waals surface area contributed by atoms with Crippen LogP contribution in [-0.2, 0) is 9.53 Å². The zero-order valence-electron chi connectivity index (χ0n) is 24.4. The maximum absolute atomic E-state index is 14.1. The molecule has 1 aliphatic carbocycles. The van der Waals surface area contributed by atoms with E-state index in [4.69, 9.17) is 44.1 Å². The van der Waals surface area contributed by atoms with Gasteiger partial charge >= 0.3 is 5.97 Å². The van der Waals surface area contributed by atoms with Gasteiger partial charge in [0.1, 0.15) is 24.1 Å². The van der Waals surface area contributed by atoms with Gasteiger partial charge in [-0.2, -0.15) is 5.10 Å². The lowest BCUT2D eigenvalue weighted by Crippen LogP contribution is -2.38. The van der Waals surface area contributed by atoms with E-state index in [0.29, 0.717) is 22.8 Å². The first kappa shape index (κ1) is 34.0. The molecule has 0 spiro atoms. The second-order valence-corrected chi connectivity index (χ2v) is 12.3. The summed E-state index contributed by atoms with van der Waals surface area (Å²) in [7, 11) is 0. The summed E-state index contributed by atoms with van der Waals surface area (Å²) < 4.78 is 27.7. The van der Waals surface area contributed by atoms with E-state index in [9.17, 15) is 9.18 Å². The Labute approximate surface area is 269 Å². The van der Waals surface area contributed by atoms with Gasteiger partial charge in [0.2, 0.25) is 0 Å². The first-order chi connectivity index (χ1) is 20.7. The van der Waals surface area contributed by atoms with Gasteiger partial charge < -0.3 is 25.8 Å². The maximum Gasteiger partial charge on any atom is 0.323 e. The summed E-state index contributed by atoms with van der Waals surface area (Å²) in [6.07, 6.45) is 12.5. The number of ether oxygens (including phenoxy) is 2. The molecular weight excluding hydrogens is 606 g/mol. The first-order valence-electron chi connectivity index (χ1n) is 15.0. The Bertz CT molecular complexity index is 1410. The number of pyridine rings is 1. The number of carbonyl (C=O) groups is 1. The van der Waals surface area contributed by atoms with Gasteiger partial charge in [-0.1, -0.05) is 30.6 Å². The molecule has 44 heavy (non-hydrogen) atoms. The molecule has 2 atom stereocenters. The Morgan fingerprint density at radius 2 is 1.86 bits per heavy atom. The average molecular weight is 650 g/mol. The number of carbonyl (C=O) groups excluding carboxylic acids is 1. The number of nitrogens with two attached hydrogens (primary N) is 2. The summed E-state index contributed by atoms with van der Waals surface area (Å²) in [5, 5.41) is 4.85. The van der Waals surface area contributed by atoms with Crippen LogP contribution in [-0.4, -0.2) is 57.4 Å². The van der Waals surface area contributed by atoms with Gasteiger partial charge in [0.05, 0.1) is 17.3 Å². The van der Waals surface area contributed by atoms with Crippen molar-refractivity contribution in [3.63, 3.8) is 0 Å². The molecule has 2 aromatic heterocycles. The minimum Gasteiger partial charge on any atom is -0.482 e. The van der Waals surface area contributed by atoms with Crippen molar-refractivity contribution in [3.05, 3.63) is 58.2 Å². The first-order valence-corrected chi connectivity index (χ1v) is 15.7. The molecular formula is C32H43Cl2FN6O3. The molecule has 1 saturated carbocycles. The highest BCUT2D eigenvalue weighted by Crippen LogP contribution is 2.37. The van der Waals surface area contributed by atoms with Crippen molar-refractivity contribution in [3.8, 4) is 16.9 Å². The van der Waals surface area contributed by atoms with Crippen LogP contribution in [0.3, 0.4) is 0 Å². The van der Waals surface area contributed by atoms with E-state index >= 15 is 0 Å². The van der Waals surface area contributed by atoms with Crippen molar-refractivity contribution < 1.29 is 18.7 Å². The van der Waals surface area contributed by atoms with E-state index < -0.39 is 18.0 Å². The standard InChI is InChI=1S/C31H39Cl2FN6O3.CH4/c1-19(28-24(32)8-9-25(34)29(28)33)42-27-15-20(16-37-30(27)36)21-17-38-40(18-21)22-10-13-39(14-11-22)12-4-7-26(35)31(41)43-23-5-2-3-6-23;/h8-9,15-19,22-23,26H,2-7,10-14,35H2,1H3,(H2,36,37);1H4/t19?,26-;/m0./s1. The summed E-state index contributed by atoms with van der Waals surface area (Å²) in [4.78, 5) is 19.0. The number of aromatic nitrogens is 3. The molecule has 3 heterocycles. The van der Waals surface area contributed by atoms with Crippen molar-refractivity contribution in [2.24, 2.45) is 5.73 Å². The largest absolute Gasteiger partial charge is 0.482 e. The third-order valence-corrected chi connectivity index (χ3v) is 9.13. The van der Waals surface area contributed by atoms with Crippen molar-refractivity contribution in [2.45, 2.75) is 90.0 Å². The Morgan fingerprint density at radius 3 is 2.59 bits per heavy atom. The predicted molar refractivity (Wildman–Crippen MR) is 172 cm³/mol. The van der Waals surface area contributed by atoms with Crippen molar-refractivity contribution in [1.82, 2.24) is 19.7 Å². The molecule has 1 unspecified atom stereocenters. The van der Waals surface area contributed by atoms with E-state index in [1.54, 1.807) is 25.4 Å². The van der Waals surface area contributed by atoms with Gasteiger partial charge in [-0.15, -0.1) is 0 Å². The van der Waals surface area contributed by atoms with E-state index in [1.807, 2.05) is 10.9 Å². The highest BCUT2D eigenvalue weighted by atomic mass is 35.5. The van der Waals surface area contributed by atoms with Crippen LogP contribution in [0.4, 0.5) is 10.2 Å². The third kappa shape index (κ3) is 8.21. The molecule has 1 saturated heterocycles. The lowest BCUT2D eigenvalue weighted by Gasteiger charge is -2.32. The monoisotopic (exact) mass is 648 g/mol. The Kier molecular flexibility index (Phi) is 11.9. The van der Waals surface area contributed by atoms with Crippen LogP contribution in [0.1, 0.15) is 83.4 Å². The van der Waals surface area contributed by atoms with Crippen LogP contribution >= 0.6 is 23.2 Å². The molecule has 4 N–H and O–H groups in total. The van der Waals surface area contributed by atoms with E-state index in [-0.39, 0.29) is 36.4 Å². The molecule has 240 valence electrons. The highest BCUT2D eigenvalue weighted by Gasteiger charge is 2.25. The van der Waals surface area contributed by atoms with Crippen LogP contribution in [0.2, 0.25) is 10.0 Å². The number of esters is 1. The zero-order chi connectivity index (χ0) is 30.5.